The quantitative estimate of drug-likeness (QED) is 0.503. The van der Waals surface area contributed by atoms with Gasteiger partial charge in [-0.3, -0.25) is 0 Å². The van der Waals surface area contributed by atoms with E-state index in [1.807, 2.05) is 80.6 Å². The van der Waals surface area contributed by atoms with Gasteiger partial charge >= 0.3 is 0 Å². The molecule has 3 aromatic carbocycles. The Labute approximate surface area is 166 Å². The molecule has 3 aromatic rings. The third-order valence-electron chi connectivity index (χ3n) is 3.97. The molecule has 0 radical (unpaired) electrons. The highest BCUT2D eigenvalue weighted by molar-refractivity contribution is 5.76. The van der Waals surface area contributed by atoms with Gasteiger partial charge in [-0.05, 0) is 47.0 Å². The molecule has 0 saturated carbocycles. The van der Waals surface area contributed by atoms with Crippen LogP contribution in [0.15, 0.2) is 66.7 Å². The minimum Gasteiger partial charge on any atom is -0.508 e. The van der Waals surface area contributed by atoms with Crippen LogP contribution in [0, 0.1) is 0 Å². The summed E-state index contributed by atoms with van der Waals surface area (Å²) in [6.45, 7) is 4.00. The molecular weight excluding hydrogens is 348 g/mol. The van der Waals surface area contributed by atoms with Crippen LogP contribution < -0.4 is 4.74 Å². The van der Waals surface area contributed by atoms with E-state index in [-0.39, 0.29) is 11.5 Å². The molecule has 2 N–H and O–H groups in total. The Morgan fingerprint density at radius 2 is 1.04 bits per heavy atom. The SMILES string of the molecule is CC.COc1cc(/C=C/c2ccc(O)cc2)ccc1/C=C/c1ccc(O)cc1. The summed E-state index contributed by atoms with van der Waals surface area (Å²) >= 11 is 0. The van der Waals surface area contributed by atoms with Gasteiger partial charge in [-0.2, -0.15) is 0 Å². The fourth-order valence-electron chi connectivity index (χ4n) is 2.52. The van der Waals surface area contributed by atoms with Crippen LogP contribution in [-0.2, 0) is 0 Å². The van der Waals surface area contributed by atoms with Crippen LogP contribution in [0.5, 0.6) is 17.2 Å². The maximum Gasteiger partial charge on any atom is 0.126 e. The van der Waals surface area contributed by atoms with Gasteiger partial charge in [0.1, 0.15) is 17.2 Å². The van der Waals surface area contributed by atoms with Gasteiger partial charge in [-0.25, -0.2) is 0 Å². The summed E-state index contributed by atoms with van der Waals surface area (Å²) in [7, 11) is 1.65. The Kier molecular flexibility index (Phi) is 7.92. The van der Waals surface area contributed by atoms with E-state index in [0.29, 0.717) is 0 Å². The average molecular weight is 374 g/mol. The standard InChI is InChI=1S/C23H20O3.C2H6/c1-26-23-16-19(3-2-17-6-12-21(24)13-7-17)5-11-20(23)10-4-18-8-14-22(25)15-9-18;1-2/h2-16,24-25H,1H3;1-2H3/b3-2+,10-4+;. The predicted molar refractivity (Wildman–Crippen MR) is 118 cm³/mol. The van der Waals surface area contributed by atoms with Crippen molar-refractivity contribution in [3.8, 4) is 17.2 Å². The Hall–Kier alpha value is -3.46. The van der Waals surface area contributed by atoms with Crippen LogP contribution in [-0.4, -0.2) is 17.3 Å². The molecule has 0 heterocycles. The summed E-state index contributed by atoms with van der Waals surface area (Å²) in [5.74, 6) is 1.30. The molecule has 0 aliphatic rings. The second-order valence-corrected chi connectivity index (χ2v) is 5.85. The van der Waals surface area contributed by atoms with E-state index >= 15 is 0 Å². The van der Waals surface area contributed by atoms with Gasteiger partial charge in [0.15, 0.2) is 0 Å². The molecule has 3 nitrogen and oxygen atoms in total. The van der Waals surface area contributed by atoms with Crippen molar-refractivity contribution in [1.82, 2.24) is 0 Å². The molecule has 0 saturated heterocycles. The summed E-state index contributed by atoms with van der Waals surface area (Å²) in [5.41, 5.74) is 4.01. The number of phenolic OH excluding ortho intramolecular Hbond substituents is 2. The van der Waals surface area contributed by atoms with Crippen LogP contribution in [0.4, 0.5) is 0 Å². The fourth-order valence-corrected chi connectivity index (χ4v) is 2.52. The fraction of sp³-hybridized carbons (Fsp3) is 0.120. The molecule has 0 aromatic heterocycles. The van der Waals surface area contributed by atoms with Crippen molar-refractivity contribution in [3.63, 3.8) is 0 Å². The van der Waals surface area contributed by atoms with Gasteiger partial charge in [0, 0.05) is 5.56 Å². The maximum absolute atomic E-state index is 9.34. The van der Waals surface area contributed by atoms with Gasteiger partial charge in [0.2, 0.25) is 0 Å². The molecule has 3 rings (SSSR count). The molecular formula is C25H26O3. The highest BCUT2D eigenvalue weighted by Crippen LogP contribution is 2.24. The lowest BCUT2D eigenvalue weighted by atomic mass is 10.1. The molecule has 28 heavy (non-hydrogen) atoms. The highest BCUT2D eigenvalue weighted by atomic mass is 16.5. The van der Waals surface area contributed by atoms with E-state index in [2.05, 4.69) is 0 Å². The zero-order valence-corrected chi connectivity index (χ0v) is 16.5. The largest absolute Gasteiger partial charge is 0.508 e. The van der Waals surface area contributed by atoms with Crippen molar-refractivity contribution in [2.75, 3.05) is 7.11 Å². The van der Waals surface area contributed by atoms with Crippen LogP contribution in [0.2, 0.25) is 0 Å². The summed E-state index contributed by atoms with van der Waals surface area (Å²) < 4.78 is 5.50. The number of hydrogen-bond acceptors (Lipinski definition) is 3. The van der Waals surface area contributed by atoms with E-state index in [1.165, 1.54) is 0 Å². The molecule has 144 valence electrons. The Morgan fingerprint density at radius 3 is 1.54 bits per heavy atom. The zero-order valence-electron chi connectivity index (χ0n) is 16.5. The topological polar surface area (TPSA) is 49.7 Å². The highest BCUT2D eigenvalue weighted by Gasteiger charge is 2.01. The predicted octanol–water partition coefficient (Wildman–Crippen LogP) is 6.47. The van der Waals surface area contributed by atoms with Gasteiger partial charge in [0.25, 0.3) is 0 Å². The first-order chi connectivity index (χ1) is 13.6. The molecule has 0 fully saturated rings. The third kappa shape index (κ3) is 6.06. The summed E-state index contributed by atoms with van der Waals surface area (Å²) in [6.07, 6.45) is 7.95. The Morgan fingerprint density at radius 1 is 0.607 bits per heavy atom. The molecule has 0 aliphatic heterocycles. The molecule has 0 amide bonds. The number of benzene rings is 3. The summed E-state index contributed by atoms with van der Waals surface area (Å²) in [5, 5.41) is 18.7. The van der Waals surface area contributed by atoms with Gasteiger partial charge in [-0.15, -0.1) is 0 Å². The first kappa shape index (κ1) is 20.8. The smallest absolute Gasteiger partial charge is 0.126 e. The minimum absolute atomic E-state index is 0.254. The number of methoxy groups -OCH3 is 1. The number of rotatable bonds is 5. The lowest BCUT2D eigenvalue weighted by Crippen LogP contribution is -1.87. The zero-order chi connectivity index (χ0) is 20.4. The molecule has 0 atom stereocenters. The van der Waals surface area contributed by atoms with Crippen molar-refractivity contribution < 1.29 is 14.9 Å². The van der Waals surface area contributed by atoms with Crippen molar-refractivity contribution >= 4 is 24.3 Å². The number of hydrogen-bond donors (Lipinski definition) is 2. The number of phenols is 2. The van der Waals surface area contributed by atoms with E-state index < -0.39 is 0 Å². The summed E-state index contributed by atoms with van der Waals surface area (Å²) in [6, 6.07) is 20.1. The second kappa shape index (κ2) is 10.6. The lowest BCUT2D eigenvalue weighted by Gasteiger charge is -2.06. The lowest BCUT2D eigenvalue weighted by molar-refractivity contribution is 0.414. The van der Waals surface area contributed by atoms with Gasteiger partial charge in [0.05, 0.1) is 7.11 Å². The van der Waals surface area contributed by atoms with Crippen LogP contribution in [0.3, 0.4) is 0 Å². The molecule has 0 bridgehead atoms. The molecule has 3 heteroatoms. The summed E-state index contributed by atoms with van der Waals surface area (Å²) in [4.78, 5) is 0. The van der Waals surface area contributed by atoms with Crippen molar-refractivity contribution in [1.29, 1.82) is 0 Å². The second-order valence-electron chi connectivity index (χ2n) is 5.85. The maximum atomic E-state index is 9.34. The van der Waals surface area contributed by atoms with Crippen LogP contribution in [0.25, 0.3) is 24.3 Å². The normalized spacial score (nSPS) is 10.7. The van der Waals surface area contributed by atoms with Crippen molar-refractivity contribution in [2.45, 2.75) is 13.8 Å². The molecule has 0 unspecified atom stereocenters. The van der Waals surface area contributed by atoms with Gasteiger partial charge in [-0.1, -0.05) is 74.5 Å². The van der Waals surface area contributed by atoms with Crippen molar-refractivity contribution in [3.05, 3.63) is 89.0 Å². The van der Waals surface area contributed by atoms with E-state index in [4.69, 9.17) is 4.74 Å². The number of ether oxygens (including phenoxy) is 1. The Bertz CT molecular complexity index is 921. The van der Waals surface area contributed by atoms with Gasteiger partial charge < -0.3 is 14.9 Å². The molecule has 0 aliphatic carbocycles. The Balaban J connectivity index is 0.00000136. The minimum atomic E-state index is 0.254. The molecule has 0 spiro atoms. The number of aromatic hydroxyl groups is 2. The van der Waals surface area contributed by atoms with Crippen LogP contribution >= 0.6 is 0 Å². The van der Waals surface area contributed by atoms with E-state index in [1.54, 1.807) is 31.4 Å². The first-order valence-electron chi connectivity index (χ1n) is 9.26. The van der Waals surface area contributed by atoms with Crippen LogP contribution in [0.1, 0.15) is 36.1 Å². The van der Waals surface area contributed by atoms with E-state index in [9.17, 15) is 10.2 Å². The monoisotopic (exact) mass is 374 g/mol. The third-order valence-corrected chi connectivity index (χ3v) is 3.97. The van der Waals surface area contributed by atoms with E-state index in [0.717, 1.165) is 28.0 Å². The first-order valence-corrected chi connectivity index (χ1v) is 9.26. The van der Waals surface area contributed by atoms with Crippen molar-refractivity contribution in [2.24, 2.45) is 0 Å². The average Bonchev–Trinajstić information content (AvgIpc) is 2.74.